The number of amides is 1. The lowest BCUT2D eigenvalue weighted by Crippen LogP contribution is -2.23. The Labute approximate surface area is 144 Å². The molecule has 1 aliphatic rings. The van der Waals surface area contributed by atoms with Gasteiger partial charge < -0.3 is 10.6 Å². The summed E-state index contributed by atoms with van der Waals surface area (Å²) in [4.78, 5) is 20.7. The van der Waals surface area contributed by atoms with Crippen molar-refractivity contribution in [1.29, 1.82) is 0 Å². The van der Waals surface area contributed by atoms with Gasteiger partial charge in [0.05, 0.1) is 5.69 Å². The summed E-state index contributed by atoms with van der Waals surface area (Å²) in [5, 5.41) is 6.26. The van der Waals surface area contributed by atoms with Crippen LogP contribution in [0.2, 0.25) is 0 Å². The zero-order valence-electron chi connectivity index (χ0n) is 12.8. The molecule has 0 bridgehead atoms. The summed E-state index contributed by atoms with van der Waals surface area (Å²) >= 11 is 3.42. The van der Waals surface area contributed by atoms with Gasteiger partial charge in [0, 0.05) is 16.6 Å². The highest BCUT2D eigenvalue weighted by Gasteiger charge is 2.15. The van der Waals surface area contributed by atoms with Crippen molar-refractivity contribution >= 4 is 33.3 Å². The van der Waals surface area contributed by atoms with Crippen molar-refractivity contribution in [2.24, 2.45) is 0 Å². The van der Waals surface area contributed by atoms with Crippen LogP contribution in [0.1, 0.15) is 42.6 Å². The fourth-order valence-electron chi connectivity index (χ4n) is 2.77. The van der Waals surface area contributed by atoms with Crippen molar-refractivity contribution in [3.8, 4) is 0 Å². The van der Waals surface area contributed by atoms with Gasteiger partial charge in [-0.15, -0.1) is 0 Å². The minimum absolute atomic E-state index is 0.244. The minimum Gasteiger partial charge on any atom is -0.367 e. The maximum absolute atomic E-state index is 12.4. The number of anilines is 2. The Bertz CT molecular complexity index is 686. The molecule has 2 aromatic rings. The van der Waals surface area contributed by atoms with Crippen LogP contribution in [0.4, 0.5) is 11.5 Å². The predicted molar refractivity (Wildman–Crippen MR) is 94.6 cm³/mol. The second-order valence-electron chi connectivity index (χ2n) is 5.70. The van der Waals surface area contributed by atoms with Crippen molar-refractivity contribution in [1.82, 2.24) is 9.97 Å². The molecule has 0 unspecified atom stereocenters. The summed E-state index contributed by atoms with van der Waals surface area (Å²) < 4.78 is 0.836. The lowest BCUT2D eigenvalue weighted by atomic mass is 9.95. The van der Waals surface area contributed by atoms with E-state index in [9.17, 15) is 4.79 Å². The maximum Gasteiger partial charge on any atom is 0.274 e. The first-order chi connectivity index (χ1) is 11.2. The maximum atomic E-state index is 12.4. The van der Waals surface area contributed by atoms with Crippen LogP contribution >= 0.6 is 15.9 Å². The molecule has 3 rings (SSSR count). The fourth-order valence-corrected chi connectivity index (χ4v) is 3.15. The Morgan fingerprint density at radius 2 is 1.91 bits per heavy atom. The Balaban J connectivity index is 1.69. The summed E-state index contributed by atoms with van der Waals surface area (Å²) in [6, 6.07) is 9.64. The van der Waals surface area contributed by atoms with E-state index in [1.807, 2.05) is 24.3 Å². The van der Waals surface area contributed by atoms with Crippen LogP contribution < -0.4 is 10.6 Å². The predicted octanol–water partition coefficient (Wildman–Crippen LogP) is 4.24. The summed E-state index contributed by atoms with van der Waals surface area (Å²) in [5.74, 6) is 0.468. The Kier molecular flexibility index (Phi) is 5.23. The molecule has 120 valence electrons. The van der Waals surface area contributed by atoms with Gasteiger partial charge in [-0.05, 0) is 40.9 Å². The second kappa shape index (κ2) is 7.55. The molecule has 1 saturated carbocycles. The average Bonchev–Trinajstić information content (AvgIpc) is 2.58. The topological polar surface area (TPSA) is 66.9 Å². The van der Waals surface area contributed by atoms with Crippen LogP contribution in [0.5, 0.6) is 0 Å². The molecule has 0 spiro atoms. The largest absolute Gasteiger partial charge is 0.367 e. The number of benzene rings is 1. The molecular formula is C17H19BrN4O. The number of hydrogen-bond acceptors (Lipinski definition) is 4. The highest BCUT2D eigenvalue weighted by Crippen LogP contribution is 2.23. The molecule has 0 atom stereocenters. The Hall–Kier alpha value is -1.95. The lowest BCUT2D eigenvalue weighted by molar-refractivity contribution is 0.102. The molecule has 2 N–H and O–H groups in total. The number of hydrogen-bond donors (Lipinski definition) is 2. The second-order valence-corrected chi connectivity index (χ2v) is 6.56. The quantitative estimate of drug-likeness (QED) is 0.839. The van der Waals surface area contributed by atoms with Gasteiger partial charge in [-0.3, -0.25) is 4.79 Å². The summed E-state index contributed by atoms with van der Waals surface area (Å²) in [6.45, 7) is 0. The zero-order chi connectivity index (χ0) is 16.1. The molecule has 6 heteroatoms. The molecule has 1 amide bonds. The number of nitrogens with zero attached hydrogens (tertiary/aromatic N) is 2. The van der Waals surface area contributed by atoms with E-state index >= 15 is 0 Å². The van der Waals surface area contributed by atoms with Gasteiger partial charge in [-0.25, -0.2) is 9.97 Å². The van der Waals surface area contributed by atoms with Crippen LogP contribution in [0.25, 0.3) is 0 Å². The smallest absolute Gasteiger partial charge is 0.274 e. The molecule has 1 fully saturated rings. The molecular weight excluding hydrogens is 356 g/mol. The first-order valence-electron chi connectivity index (χ1n) is 7.87. The van der Waals surface area contributed by atoms with Gasteiger partial charge in [-0.1, -0.05) is 31.4 Å². The van der Waals surface area contributed by atoms with Crippen LogP contribution in [-0.2, 0) is 0 Å². The summed E-state index contributed by atoms with van der Waals surface area (Å²) in [6.07, 6.45) is 7.54. The number of aromatic nitrogens is 2. The minimum atomic E-state index is -0.244. The average molecular weight is 375 g/mol. The van der Waals surface area contributed by atoms with Gasteiger partial charge in [-0.2, -0.15) is 0 Å². The van der Waals surface area contributed by atoms with Gasteiger partial charge in [0.2, 0.25) is 0 Å². The van der Waals surface area contributed by atoms with E-state index in [0.717, 1.165) is 23.0 Å². The van der Waals surface area contributed by atoms with E-state index in [0.29, 0.717) is 17.6 Å². The third kappa shape index (κ3) is 4.28. The molecule has 1 aromatic carbocycles. The molecule has 1 aromatic heterocycles. The summed E-state index contributed by atoms with van der Waals surface area (Å²) in [5.41, 5.74) is 1.08. The van der Waals surface area contributed by atoms with Crippen LogP contribution in [0, 0.1) is 0 Å². The lowest BCUT2D eigenvalue weighted by Gasteiger charge is -2.23. The van der Waals surface area contributed by atoms with E-state index in [2.05, 4.69) is 36.5 Å². The third-order valence-electron chi connectivity index (χ3n) is 3.98. The van der Waals surface area contributed by atoms with E-state index in [1.165, 1.54) is 25.6 Å². The number of halogens is 1. The van der Waals surface area contributed by atoms with Crippen molar-refractivity contribution in [2.75, 3.05) is 10.6 Å². The fraction of sp³-hybridized carbons (Fsp3) is 0.353. The summed E-state index contributed by atoms with van der Waals surface area (Å²) in [7, 11) is 0. The molecule has 0 aliphatic heterocycles. The highest BCUT2D eigenvalue weighted by atomic mass is 79.9. The Morgan fingerprint density at radius 3 is 2.70 bits per heavy atom. The molecule has 0 saturated heterocycles. The molecule has 1 aliphatic carbocycles. The number of carbonyl (C=O) groups is 1. The van der Waals surface area contributed by atoms with Gasteiger partial charge in [0.15, 0.2) is 0 Å². The molecule has 1 heterocycles. The van der Waals surface area contributed by atoms with Gasteiger partial charge in [0.25, 0.3) is 5.91 Å². The molecule has 5 nitrogen and oxygen atoms in total. The normalized spacial score (nSPS) is 15.2. The SMILES string of the molecule is O=C(Nc1ccccc1Br)c1cc(NC2CCCCC2)ncn1. The van der Waals surface area contributed by atoms with Crippen molar-refractivity contribution in [3.63, 3.8) is 0 Å². The number of rotatable bonds is 4. The number of para-hydroxylation sites is 1. The van der Waals surface area contributed by atoms with Crippen LogP contribution in [0.3, 0.4) is 0 Å². The van der Waals surface area contributed by atoms with E-state index < -0.39 is 0 Å². The van der Waals surface area contributed by atoms with E-state index in [1.54, 1.807) is 6.07 Å². The highest BCUT2D eigenvalue weighted by molar-refractivity contribution is 9.10. The monoisotopic (exact) mass is 374 g/mol. The van der Waals surface area contributed by atoms with Gasteiger partial charge in [0.1, 0.15) is 17.8 Å². The van der Waals surface area contributed by atoms with E-state index in [4.69, 9.17) is 0 Å². The standard InChI is InChI=1S/C17H19BrN4O/c18-13-8-4-5-9-14(13)22-17(23)15-10-16(20-11-19-15)21-12-6-2-1-3-7-12/h4-5,8-12H,1-3,6-7H2,(H,22,23)(H,19,20,21). The Morgan fingerprint density at radius 1 is 1.13 bits per heavy atom. The first-order valence-corrected chi connectivity index (χ1v) is 8.66. The molecule has 23 heavy (non-hydrogen) atoms. The molecule has 0 radical (unpaired) electrons. The van der Waals surface area contributed by atoms with Crippen molar-refractivity contribution < 1.29 is 4.79 Å². The van der Waals surface area contributed by atoms with Crippen molar-refractivity contribution in [2.45, 2.75) is 38.1 Å². The van der Waals surface area contributed by atoms with Gasteiger partial charge >= 0.3 is 0 Å². The van der Waals surface area contributed by atoms with Crippen LogP contribution in [0.15, 0.2) is 41.1 Å². The number of carbonyl (C=O) groups excluding carboxylic acids is 1. The third-order valence-corrected chi connectivity index (χ3v) is 4.67. The van der Waals surface area contributed by atoms with Crippen LogP contribution in [-0.4, -0.2) is 21.9 Å². The zero-order valence-corrected chi connectivity index (χ0v) is 14.3. The first kappa shape index (κ1) is 15.9. The number of nitrogens with one attached hydrogen (secondary N) is 2. The van der Waals surface area contributed by atoms with Crippen molar-refractivity contribution in [3.05, 3.63) is 46.8 Å². The van der Waals surface area contributed by atoms with E-state index in [-0.39, 0.29) is 5.91 Å².